The van der Waals surface area contributed by atoms with E-state index in [9.17, 15) is 9.59 Å². The van der Waals surface area contributed by atoms with Crippen molar-refractivity contribution in [2.45, 2.75) is 26.3 Å². The van der Waals surface area contributed by atoms with E-state index in [1.165, 1.54) is 7.11 Å². The van der Waals surface area contributed by atoms with Gasteiger partial charge in [0.15, 0.2) is 0 Å². The average molecular weight is 421 g/mol. The van der Waals surface area contributed by atoms with E-state index in [0.717, 1.165) is 22.4 Å². The molecular weight excluding hydrogens is 392 g/mol. The lowest BCUT2D eigenvalue weighted by molar-refractivity contribution is -0.145. The number of esters is 1. The van der Waals surface area contributed by atoms with Gasteiger partial charge in [-0.05, 0) is 43.5 Å². The van der Waals surface area contributed by atoms with Gasteiger partial charge in [-0.2, -0.15) is 0 Å². The molecule has 3 N–H and O–H groups in total. The van der Waals surface area contributed by atoms with E-state index in [-0.39, 0.29) is 30.8 Å². The number of carbonyl (C=O) groups is 2. The van der Waals surface area contributed by atoms with Gasteiger partial charge in [-0.25, -0.2) is 0 Å². The first-order valence-corrected chi connectivity index (χ1v) is 9.34. The maximum atomic E-state index is 12.4. The van der Waals surface area contributed by atoms with E-state index in [1.54, 1.807) is 0 Å². The molecule has 2 rings (SSSR count). The van der Waals surface area contributed by atoms with Crippen LogP contribution in [0.3, 0.4) is 0 Å². The molecule has 2 unspecified atom stereocenters. The van der Waals surface area contributed by atoms with E-state index in [4.69, 9.17) is 15.2 Å². The molecule has 2 aromatic carbocycles. The number of carbonyl (C=O) groups excluding carboxylic acids is 2. The quantitative estimate of drug-likeness (QED) is 0.608. The molecule has 158 valence electrons. The van der Waals surface area contributed by atoms with Gasteiger partial charge in [0, 0.05) is 6.54 Å². The molecule has 1 amide bonds. The molecule has 0 spiro atoms. The number of hydrogen-bond donors (Lipinski definition) is 2. The van der Waals surface area contributed by atoms with Crippen LogP contribution in [0.15, 0.2) is 48.5 Å². The van der Waals surface area contributed by atoms with E-state index < -0.39 is 12.0 Å². The van der Waals surface area contributed by atoms with Gasteiger partial charge in [0.05, 0.1) is 19.6 Å². The number of methoxy groups -OCH3 is 1. The zero-order valence-corrected chi connectivity index (χ0v) is 17.8. The minimum atomic E-state index is -0.788. The van der Waals surface area contributed by atoms with Crippen LogP contribution in [-0.4, -0.2) is 32.1 Å². The van der Waals surface area contributed by atoms with Crippen LogP contribution in [0, 0.1) is 12.8 Å². The van der Waals surface area contributed by atoms with Crippen molar-refractivity contribution < 1.29 is 19.1 Å². The molecular formula is C22H29ClN2O4. The maximum absolute atomic E-state index is 12.4. The summed E-state index contributed by atoms with van der Waals surface area (Å²) < 4.78 is 10.3. The predicted octanol–water partition coefficient (Wildman–Crippen LogP) is 2.96. The van der Waals surface area contributed by atoms with Gasteiger partial charge in [-0.1, -0.05) is 42.0 Å². The maximum Gasteiger partial charge on any atom is 0.310 e. The Morgan fingerprint density at radius 2 is 1.69 bits per heavy atom. The third kappa shape index (κ3) is 7.40. The summed E-state index contributed by atoms with van der Waals surface area (Å²) in [7, 11) is 1.34. The number of nitrogens with two attached hydrogens (primary N) is 1. The normalized spacial score (nSPS) is 12.3. The van der Waals surface area contributed by atoms with E-state index in [0.29, 0.717) is 13.0 Å². The SMILES string of the molecule is CCOc1ccc(CC(CNC(=O)C(N)c2ccc(C)cc2)C(=O)OC)cc1.Cl. The molecule has 0 aromatic heterocycles. The van der Waals surface area contributed by atoms with Crippen LogP contribution in [-0.2, 0) is 20.7 Å². The monoisotopic (exact) mass is 420 g/mol. The Kier molecular flexibility index (Phi) is 10.2. The molecule has 2 atom stereocenters. The molecule has 0 saturated carbocycles. The van der Waals surface area contributed by atoms with Crippen LogP contribution in [0.5, 0.6) is 5.75 Å². The van der Waals surface area contributed by atoms with Crippen LogP contribution in [0.25, 0.3) is 0 Å². The summed E-state index contributed by atoms with van der Waals surface area (Å²) in [5.74, 6) is -0.433. The largest absolute Gasteiger partial charge is 0.494 e. The van der Waals surface area contributed by atoms with Crippen LogP contribution >= 0.6 is 12.4 Å². The van der Waals surface area contributed by atoms with Crippen molar-refractivity contribution >= 4 is 24.3 Å². The van der Waals surface area contributed by atoms with Gasteiger partial charge in [0.25, 0.3) is 0 Å². The summed E-state index contributed by atoms with van der Waals surface area (Å²) >= 11 is 0. The molecule has 0 aliphatic carbocycles. The molecule has 0 fully saturated rings. The lowest BCUT2D eigenvalue weighted by atomic mass is 9.98. The van der Waals surface area contributed by atoms with Crippen molar-refractivity contribution in [2.75, 3.05) is 20.3 Å². The topological polar surface area (TPSA) is 90.6 Å². The fourth-order valence-corrected chi connectivity index (χ4v) is 2.84. The summed E-state index contributed by atoms with van der Waals surface area (Å²) in [4.78, 5) is 24.6. The zero-order chi connectivity index (χ0) is 20.5. The third-order valence-electron chi connectivity index (χ3n) is 4.49. The second-order valence-corrected chi connectivity index (χ2v) is 6.63. The van der Waals surface area contributed by atoms with Crippen molar-refractivity contribution in [3.05, 3.63) is 65.2 Å². The van der Waals surface area contributed by atoms with Gasteiger partial charge >= 0.3 is 5.97 Å². The summed E-state index contributed by atoms with van der Waals surface area (Å²) in [6, 6.07) is 14.2. The van der Waals surface area contributed by atoms with Gasteiger partial charge in [0.2, 0.25) is 5.91 Å². The standard InChI is InChI=1S/C22H28N2O4.ClH/c1-4-28-19-11-7-16(8-12-19)13-18(22(26)27-3)14-24-21(25)20(23)17-9-5-15(2)6-10-17;/h5-12,18,20H,4,13-14,23H2,1-3H3,(H,24,25);1H. The Morgan fingerprint density at radius 1 is 1.07 bits per heavy atom. The van der Waals surface area contributed by atoms with Gasteiger partial charge < -0.3 is 20.5 Å². The Hall–Kier alpha value is -2.57. The van der Waals surface area contributed by atoms with Crippen molar-refractivity contribution in [3.8, 4) is 5.75 Å². The first-order chi connectivity index (χ1) is 13.4. The first-order valence-electron chi connectivity index (χ1n) is 9.34. The second-order valence-electron chi connectivity index (χ2n) is 6.63. The molecule has 6 nitrogen and oxygen atoms in total. The van der Waals surface area contributed by atoms with E-state index in [2.05, 4.69) is 5.32 Å². The highest BCUT2D eigenvalue weighted by atomic mass is 35.5. The molecule has 2 aromatic rings. The zero-order valence-electron chi connectivity index (χ0n) is 17.0. The highest BCUT2D eigenvalue weighted by molar-refractivity contribution is 5.85. The number of rotatable bonds is 9. The predicted molar refractivity (Wildman–Crippen MR) is 115 cm³/mol. The molecule has 0 aliphatic rings. The van der Waals surface area contributed by atoms with Crippen molar-refractivity contribution in [1.82, 2.24) is 5.32 Å². The molecule has 0 aliphatic heterocycles. The van der Waals surface area contributed by atoms with Gasteiger partial charge in [-0.15, -0.1) is 12.4 Å². The van der Waals surface area contributed by atoms with E-state index >= 15 is 0 Å². The summed E-state index contributed by atoms with van der Waals surface area (Å²) in [6.45, 7) is 4.64. The fraction of sp³-hybridized carbons (Fsp3) is 0.364. The number of halogens is 1. The molecule has 29 heavy (non-hydrogen) atoms. The van der Waals surface area contributed by atoms with Crippen LogP contribution in [0.1, 0.15) is 29.7 Å². The van der Waals surface area contributed by atoms with Crippen molar-refractivity contribution in [2.24, 2.45) is 11.7 Å². The van der Waals surface area contributed by atoms with E-state index in [1.807, 2.05) is 62.4 Å². The van der Waals surface area contributed by atoms with Gasteiger partial charge in [-0.3, -0.25) is 9.59 Å². The van der Waals surface area contributed by atoms with Crippen LogP contribution in [0.4, 0.5) is 0 Å². The smallest absolute Gasteiger partial charge is 0.310 e. The summed E-state index contributed by atoms with van der Waals surface area (Å²) in [6.07, 6.45) is 0.444. The minimum absolute atomic E-state index is 0. The molecule has 0 radical (unpaired) electrons. The molecule has 7 heteroatoms. The highest BCUT2D eigenvalue weighted by Crippen LogP contribution is 2.16. The number of nitrogens with one attached hydrogen (secondary N) is 1. The highest BCUT2D eigenvalue weighted by Gasteiger charge is 2.23. The lowest BCUT2D eigenvalue weighted by Crippen LogP contribution is -2.39. The number of amides is 1. The second kappa shape index (κ2) is 12.1. The molecule has 0 bridgehead atoms. The Labute approximate surface area is 178 Å². The van der Waals surface area contributed by atoms with Crippen LogP contribution < -0.4 is 15.8 Å². The van der Waals surface area contributed by atoms with Crippen LogP contribution in [0.2, 0.25) is 0 Å². The summed E-state index contributed by atoms with van der Waals surface area (Å²) in [5.41, 5.74) is 8.81. The molecule has 0 heterocycles. The summed E-state index contributed by atoms with van der Waals surface area (Å²) in [5, 5.41) is 2.77. The molecule has 0 saturated heterocycles. The van der Waals surface area contributed by atoms with Crippen molar-refractivity contribution in [1.29, 1.82) is 0 Å². The average Bonchev–Trinajstić information content (AvgIpc) is 2.71. The number of hydrogen-bond acceptors (Lipinski definition) is 5. The number of ether oxygens (including phenoxy) is 2. The van der Waals surface area contributed by atoms with Crippen molar-refractivity contribution in [3.63, 3.8) is 0 Å². The Morgan fingerprint density at radius 3 is 2.24 bits per heavy atom. The Bertz CT molecular complexity index is 778. The minimum Gasteiger partial charge on any atom is -0.494 e. The first kappa shape index (κ1) is 24.5. The van der Waals surface area contributed by atoms with Gasteiger partial charge in [0.1, 0.15) is 11.8 Å². The Balaban J connectivity index is 0.00000420. The third-order valence-corrected chi connectivity index (χ3v) is 4.49. The lowest BCUT2D eigenvalue weighted by Gasteiger charge is -2.18. The number of aryl methyl sites for hydroxylation is 1. The number of benzene rings is 2. The fourth-order valence-electron chi connectivity index (χ4n) is 2.84.